The van der Waals surface area contributed by atoms with Crippen molar-refractivity contribution in [3.8, 4) is 12.1 Å². The summed E-state index contributed by atoms with van der Waals surface area (Å²) in [6, 6.07) is 9.31. The van der Waals surface area contributed by atoms with Crippen LogP contribution in [0.5, 0.6) is 0 Å². The smallest absolute Gasteiger partial charge is 0.237 e. The molecule has 6 nitrogen and oxygen atoms in total. The van der Waals surface area contributed by atoms with E-state index >= 15 is 0 Å². The van der Waals surface area contributed by atoms with Gasteiger partial charge in [-0.1, -0.05) is 0 Å². The number of nitriles is 2. The van der Waals surface area contributed by atoms with Crippen LogP contribution in [0.25, 0.3) is 11.0 Å². The van der Waals surface area contributed by atoms with Gasteiger partial charge in [0.05, 0.1) is 17.3 Å². The average molecular weight is 238 g/mol. The van der Waals surface area contributed by atoms with Gasteiger partial charge in [-0.25, -0.2) is 0 Å². The third-order valence-corrected chi connectivity index (χ3v) is 2.17. The summed E-state index contributed by atoms with van der Waals surface area (Å²) in [6.45, 7) is 0. The Morgan fingerprint density at radius 2 is 2.06 bits per heavy atom. The molecular weight excluding hydrogens is 232 g/mol. The normalized spacial score (nSPS) is 9.22. The Morgan fingerprint density at radius 3 is 2.78 bits per heavy atom. The van der Waals surface area contributed by atoms with Gasteiger partial charge in [-0.3, -0.25) is 10.2 Å². The predicted molar refractivity (Wildman–Crippen MR) is 64.8 cm³/mol. The molecule has 0 saturated carbocycles. The molecule has 1 aromatic carbocycles. The van der Waals surface area contributed by atoms with Crippen molar-refractivity contribution >= 4 is 22.4 Å². The number of benzene rings is 1. The molecule has 0 amide bonds. The number of rotatable bonds is 2. The van der Waals surface area contributed by atoms with Gasteiger partial charge in [0.2, 0.25) is 5.71 Å². The summed E-state index contributed by atoms with van der Waals surface area (Å²) in [4.78, 5) is 11.6. The van der Waals surface area contributed by atoms with Crippen LogP contribution >= 0.6 is 0 Å². The molecule has 0 spiro atoms. The van der Waals surface area contributed by atoms with Gasteiger partial charge in [-0.2, -0.15) is 15.6 Å². The number of fused-ring (bicyclic) bond motifs is 1. The largest absolute Gasteiger partial charge is 0.464 e. The summed E-state index contributed by atoms with van der Waals surface area (Å²) in [6.07, 6.45) is 1.32. The monoisotopic (exact) mass is 238 g/mol. The Balaban J connectivity index is 2.41. The van der Waals surface area contributed by atoms with Crippen molar-refractivity contribution in [1.29, 1.82) is 10.5 Å². The van der Waals surface area contributed by atoms with E-state index in [1.54, 1.807) is 24.3 Å². The van der Waals surface area contributed by atoms with E-state index in [0.717, 1.165) is 0 Å². The minimum Gasteiger partial charge on any atom is -0.464 e. The highest BCUT2D eigenvalue weighted by molar-refractivity contribution is 6.10. The van der Waals surface area contributed by atoms with E-state index in [1.165, 1.54) is 18.4 Å². The molecule has 86 valence electrons. The Bertz CT molecular complexity index is 746. The minimum atomic E-state index is -0.296. The third-order valence-electron chi connectivity index (χ3n) is 2.17. The lowest BCUT2D eigenvalue weighted by Gasteiger charge is -2.01. The van der Waals surface area contributed by atoms with E-state index in [0.29, 0.717) is 16.7 Å². The molecule has 0 atom stereocenters. The van der Waals surface area contributed by atoms with Crippen molar-refractivity contribution in [2.45, 2.75) is 0 Å². The van der Waals surface area contributed by atoms with Crippen molar-refractivity contribution in [2.75, 3.05) is 5.43 Å². The summed E-state index contributed by atoms with van der Waals surface area (Å²) in [5.74, 6) is 0. The van der Waals surface area contributed by atoms with Gasteiger partial charge < -0.3 is 4.42 Å². The van der Waals surface area contributed by atoms with Crippen molar-refractivity contribution in [3.63, 3.8) is 0 Å². The average Bonchev–Trinajstić information content (AvgIpc) is 2.41. The van der Waals surface area contributed by atoms with E-state index in [9.17, 15) is 4.79 Å². The van der Waals surface area contributed by atoms with Gasteiger partial charge in [0.15, 0.2) is 5.43 Å². The first-order chi connectivity index (χ1) is 8.74. The van der Waals surface area contributed by atoms with Gasteiger partial charge in [-0.05, 0) is 18.2 Å². The summed E-state index contributed by atoms with van der Waals surface area (Å²) < 4.78 is 5.15. The molecule has 1 heterocycles. The quantitative estimate of drug-likeness (QED) is 0.632. The van der Waals surface area contributed by atoms with Gasteiger partial charge >= 0.3 is 0 Å². The van der Waals surface area contributed by atoms with Gasteiger partial charge in [0.1, 0.15) is 17.7 Å². The van der Waals surface area contributed by atoms with Crippen molar-refractivity contribution in [1.82, 2.24) is 0 Å². The molecule has 0 radical (unpaired) electrons. The van der Waals surface area contributed by atoms with Gasteiger partial charge in [0.25, 0.3) is 0 Å². The molecule has 1 N–H and O–H groups in total. The molecule has 2 aromatic rings. The van der Waals surface area contributed by atoms with E-state index in [4.69, 9.17) is 14.9 Å². The fourth-order valence-corrected chi connectivity index (χ4v) is 1.35. The molecular formula is C12H6N4O2. The summed E-state index contributed by atoms with van der Waals surface area (Å²) in [5, 5.41) is 21.0. The van der Waals surface area contributed by atoms with Crippen LogP contribution < -0.4 is 10.9 Å². The molecule has 1 aromatic heterocycles. The van der Waals surface area contributed by atoms with Crippen LogP contribution in [0.1, 0.15) is 0 Å². The number of anilines is 1. The molecule has 0 fully saturated rings. The van der Waals surface area contributed by atoms with Crippen LogP contribution in [0.15, 0.2) is 44.8 Å². The molecule has 0 saturated heterocycles. The van der Waals surface area contributed by atoms with Crippen LogP contribution in [-0.2, 0) is 0 Å². The zero-order chi connectivity index (χ0) is 13.0. The number of hydrogen-bond donors (Lipinski definition) is 1. The molecule has 0 aliphatic rings. The standard InChI is InChI=1S/C12H6N4O2/c13-6-9(7-14)16-15-8-1-2-12-10(5-8)11(17)3-4-18-12/h1-5,15H. The summed E-state index contributed by atoms with van der Waals surface area (Å²) in [5.41, 5.74) is 3.00. The number of hydrazone groups is 1. The molecule has 0 aliphatic carbocycles. The SMILES string of the molecule is N#CC(C#N)=NNc1ccc2occc(=O)c2c1. The second-order valence-electron chi connectivity index (χ2n) is 3.29. The van der Waals surface area contributed by atoms with Crippen LogP contribution in [0.4, 0.5) is 5.69 Å². The minimum absolute atomic E-state index is 0.176. The lowest BCUT2D eigenvalue weighted by atomic mass is 10.2. The van der Waals surface area contributed by atoms with E-state index < -0.39 is 0 Å². The number of nitrogens with one attached hydrogen (secondary N) is 1. The van der Waals surface area contributed by atoms with Gasteiger partial charge in [0, 0.05) is 6.07 Å². The maximum Gasteiger partial charge on any atom is 0.237 e. The van der Waals surface area contributed by atoms with Crippen LogP contribution in [0, 0.1) is 22.7 Å². The highest BCUT2D eigenvalue weighted by Crippen LogP contribution is 2.15. The zero-order valence-corrected chi connectivity index (χ0v) is 9.04. The van der Waals surface area contributed by atoms with E-state index in [2.05, 4.69) is 10.5 Å². The lowest BCUT2D eigenvalue weighted by molar-refractivity contribution is 0.602. The zero-order valence-electron chi connectivity index (χ0n) is 9.04. The highest BCUT2D eigenvalue weighted by Gasteiger charge is 2.01. The third kappa shape index (κ3) is 2.18. The highest BCUT2D eigenvalue weighted by atomic mass is 16.3. The second-order valence-corrected chi connectivity index (χ2v) is 3.29. The lowest BCUT2D eigenvalue weighted by Crippen LogP contribution is -2.00. The fraction of sp³-hybridized carbons (Fsp3) is 0. The first-order valence-electron chi connectivity index (χ1n) is 4.90. The number of hydrogen-bond acceptors (Lipinski definition) is 6. The Labute approximate surface area is 101 Å². The van der Waals surface area contributed by atoms with E-state index in [-0.39, 0.29) is 11.1 Å². The first-order valence-corrected chi connectivity index (χ1v) is 4.90. The van der Waals surface area contributed by atoms with Crippen LogP contribution in [0.2, 0.25) is 0 Å². The molecule has 2 rings (SSSR count). The molecule has 6 heteroatoms. The molecule has 18 heavy (non-hydrogen) atoms. The maximum absolute atomic E-state index is 11.6. The van der Waals surface area contributed by atoms with Crippen molar-refractivity contribution in [2.24, 2.45) is 5.10 Å². The molecule has 0 unspecified atom stereocenters. The predicted octanol–water partition coefficient (Wildman–Crippen LogP) is 1.61. The van der Waals surface area contributed by atoms with Crippen LogP contribution in [0.3, 0.4) is 0 Å². The topological polar surface area (TPSA) is 102 Å². The van der Waals surface area contributed by atoms with E-state index in [1.807, 2.05) is 0 Å². The Morgan fingerprint density at radius 1 is 1.28 bits per heavy atom. The molecule has 0 bridgehead atoms. The first kappa shape index (κ1) is 11.4. The maximum atomic E-state index is 11.6. The summed E-state index contributed by atoms with van der Waals surface area (Å²) >= 11 is 0. The Hall–Kier alpha value is -3.12. The van der Waals surface area contributed by atoms with Crippen molar-refractivity contribution in [3.05, 3.63) is 40.8 Å². The Kier molecular flexibility index (Phi) is 3.04. The fourth-order valence-electron chi connectivity index (χ4n) is 1.35. The van der Waals surface area contributed by atoms with Crippen LogP contribution in [-0.4, -0.2) is 5.71 Å². The second kappa shape index (κ2) is 4.81. The van der Waals surface area contributed by atoms with Crippen molar-refractivity contribution < 1.29 is 4.42 Å². The van der Waals surface area contributed by atoms with Gasteiger partial charge in [-0.15, -0.1) is 0 Å². The summed E-state index contributed by atoms with van der Waals surface area (Å²) in [7, 11) is 0. The number of nitrogens with zero attached hydrogens (tertiary/aromatic N) is 3. The molecule has 0 aliphatic heterocycles.